The fraction of sp³-hybridized carbons (Fsp3) is 0.0526. The molecular weight excluding hydrogens is 407 g/mol. The molecule has 0 saturated carbocycles. The summed E-state index contributed by atoms with van der Waals surface area (Å²) in [5.74, 6) is 0. The van der Waals surface area contributed by atoms with Crippen LogP contribution in [0.3, 0.4) is 0 Å². The molecule has 0 amide bonds. The van der Waals surface area contributed by atoms with E-state index in [0.29, 0.717) is 15.1 Å². The maximum absolute atomic E-state index is 13.1. The van der Waals surface area contributed by atoms with Crippen LogP contribution >= 0.6 is 23.2 Å². The Morgan fingerprint density at radius 1 is 1.04 bits per heavy atom. The molecule has 3 aromatic rings. The van der Waals surface area contributed by atoms with Crippen molar-refractivity contribution in [3.05, 3.63) is 86.3 Å². The standard InChI is InChI=1S/C19H12Cl2N2O3S/c1-12-9-15(13-5-3-2-4-6-13)16(11-22)19(24)23(12)27(25,26)18-10-14(20)7-8-17(18)21/h2-10H,1H3. The van der Waals surface area contributed by atoms with Gasteiger partial charge in [-0.05, 0) is 36.8 Å². The zero-order valence-corrected chi connectivity index (χ0v) is 16.3. The van der Waals surface area contributed by atoms with Crippen LogP contribution in [0, 0.1) is 18.3 Å². The molecule has 0 N–H and O–H groups in total. The van der Waals surface area contributed by atoms with E-state index in [1.807, 2.05) is 6.07 Å². The van der Waals surface area contributed by atoms with Gasteiger partial charge < -0.3 is 0 Å². The average Bonchev–Trinajstić information content (AvgIpc) is 2.63. The molecule has 136 valence electrons. The quantitative estimate of drug-likeness (QED) is 0.636. The molecule has 1 heterocycles. The summed E-state index contributed by atoms with van der Waals surface area (Å²) in [6, 6.07) is 16.1. The van der Waals surface area contributed by atoms with Gasteiger partial charge in [0.1, 0.15) is 16.5 Å². The molecule has 5 nitrogen and oxygen atoms in total. The fourth-order valence-corrected chi connectivity index (χ4v) is 4.92. The Labute approximate surface area is 166 Å². The Hall–Kier alpha value is -2.59. The van der Waals surface area contributed by atoms with E-state index < -0.39 is 15.6 Å². The number of aromatic nitrogens is 1. The first-order valence-electron chi connectivity index (χ1n) is 7.70. The monoisotopic (exact) mass is 418 g/mol. The molecule has 0 radical (unpaired) electrons. The molecule has 0 aliphatic rings. The van der Waals surface area contributed by atoms with Crippen LogP contribution in [0.5, 0.6) is 0 Å². The Balaban J connectivity index is 2.35. The number of benzene rings is 2. The van der Waals surface area contributed by atoms with Crippen LogP contribution in [-0.4, -0.2) is 12.4 Å². The molecule has 0 unspecified atom stereocenters. The highest BCUT2D eigenvalue weighted by molar-refractivity contribution is 7.90. The van der Waals surface area contributed by atoms with Crippen molar-refractivity contribution < 1.29 is 8.42 Å². The molecule has 0 fully saturated rings. The smallest absolute Gasteiger partial charge is 0.267 e. The molecule has 0 spiro atoms. The summed E-state index contributed by atoms with van der Waals surface area (Å²) < 4.78 is 26.7. The Bertz CT molecular complexity index is 1240. The predicted octanol–water partition coefficient (Wildman–Crippen LogP) is 4.24. The first kappa shape index (κ1) is 19.2. The van der Waals surface area contributed by atoms with E-state index >= 15 is 0 Å². The third-order valence-electron chi connectivity index (χ3n) is 3.95. The highest BCUT2D eigenvalue weighted by Gasteiger charge is 2.26. The van der Waals surface area contributed by atoms with Crippen LogP contribution < -0.4 is 5.56 Å². The number of rotatable bonds is 3. The third kappa shape index (κ3) is 3.37. The normalized spacial score (nSPS) is 11.2. The minimum atomic E-state index is -4.35. The lowest BCUT2D eigenvalue weighted by atomic mass is 10.0. The summed E-state index contributed by atoms with van der Waals surface area (Å²) in [7, 11) is -4.35. The van der Waals surface area contributed by atoms with Gasteiger partial charge in [0.2, 0.25) is 0 Å². The number of hydrogen-bond acceptors (Lipinski definition) is 4. The lowest BCUT2D eigenvalue weighted by molar-refractivity contribution is 0.584. The number of pyridine rings is 1. The summed E-state index contributed by atoms with van der Waals surface area (Å²) in [5.41, 5.74) is -0.0568. The topological polar surface area (TPSA) is 79.9 Å². The summed E-state index contributed by atoms with van der Waals surface area (Å²) in [6.07, 6.45) is 0. The minimum absolute atomic E-state index is 0.0728. The van der Waals surface area contributed by atoms with E-state index in [0.717, 1.165) is 0 Å². The lowest BCUT2D eigenvalue weighted by Crippen LogP contribution is -2.31. The molecule has 0 atom stereocenters. The highest BCUT2D eigenvalue weighted by Crippen LogP contribution is 2.28. The van der Waals surface area contributed by atoms with Gasteiger partial charge in [-0.25, -0.2) is 12.4 Å². The van der Waals surface area contributed by atoms with E-state index in [9.17, 15) is 18.5 Å². The van der Waals surface area contributed by atoms with E-state index in [1.54, 1.807) is 30.3 Å². The fourth-order valence-electron chi connectivity index (χ4n) is 2.74. The minimum Gasteiger partial charge on any atom is -0.267 e. The van der Waals surface area contributed by atoms with Crippen molar-refractivity contribution >= 4 is 33.2 Å². The molecule has 1 aromatic heterocycles. The molecule has 3 rings (SSSR count). The molecule has 27 heavy (non-hydrogen) atoms. The van der Waals surface area contributed by atoms with E-state index in [-0.39, 0.29) is 26.2 Å². The van der Waals surface area contributed by atoms with Crippen LogP contribution in [0.2, 0.25) is 10.0 Å². The summed E-state index contributed by atoms with van der Waals surface area (Å²) >= 11 is 11.9. The Morgan fingerprint density at radius 3 is 2.33 bits per heavy atom. The molecule has 0 aliphatic carbocycles. The molecule has 0 bridgehead atoms. The highest BCUT2D eigenvalue weighted by atomic mass is 35.5. The maximum atomic E-state index is 13.1. The van der Waals surface area contributed by atoms with Gasteiger partial charge in [0.25, 0.3) is 15.6 Å². The number of hydrogen-bond donors (Lipinski definition) is 0. The number of nitriles is 1. The second-order valence-electron chi connectivity index (χ2n) is 5.70. The largest absolute Gasteiger partial charge is 0.283 e. The van der Waals surface area contributed by atoms with Crippen LogP contribution in [0.15, 0.2) is 64.3 Å². The van der Waals surface area contributed by atoms with Crippen LogP contribution in [-0.2, 0) is 10.0 Å². The second kappa shape index (κ2) is 7.20. The van der Waals surface area contributed by atoms with Crippen LogP contribution in [0.1, 0.15) is 11.3 Å². The zero-order valence-electron chi connectivity index (χ0n) is 14.0. The molecule has 0 saturated heterocycles. The van der Waals surface area contributed by atoms with E-state index in [4.69, 9.17) is 23.2 Å². The summed E-state index contributed by atoms with van der Waals surface area (Å²) in [5, 5.41) is 9.59. The van der Waals surface area contributed by atoms with Gasteiger partial charge in [0.15, 0.2) is 0 Å². The molecule has 0 aliphatic heterocycles. The lowest BCUT2D eigenvalue weighted by Gasteiger charge is -2.15. The third-order valence-corrected chi connectivity index (χ3v) is 6.45. The first-order chi connectivity index (χ1) is 12.8. The zero-order chi connectivity index (χ0) is 19.8. The van der Waals surface area contributed by atoms with Gasteiger partial charge in [-0.1, -0.05) is 53.5 Å². The summed E-state index contributed by atoms with van der Waals surface area (Å²) in [4.78, 5) is 12.6. The molecule has 2 aromatic carbocycles. The Kier molecular flexibility index (Phi) is 5.11. The molecular formula is C19H12Cl2N2O3S. The van der Waals surface area contributed by atoms with Crippen molar-refractivity contribution in [3.8, 4) is 17.2 Å². The van der Waals surface area contributed by atoms with Crippen molar-refractivity contribution in [3.63, 3.8) is 0 Å². The van der Waals surface area contributed by atoms with Crippen molar-refractivity contribution in [2.45, 2.75) is 11.8 Å². The number of aryl methyl sites for hydroxylation is 1. The van der Waals surface area contributed by atoms with Gasteiger partial charge in [0.05, 0.1) is 5.02 Å². The Morgan fingerprint density at radius 2 is 1.70 bits per heavy atom. The van der Waals surface area contributed by atoms with Gasteiger partial charge in [-0.2, -0.15) is 5.26 Å². The van der Waals surface area contributed by atoms with Gasteiger partial charge in [0, 0.05) is 16.3 Å². The van der Waals surface area contributed by atoms with Crippen molar-refractivity contribution in [2.24, 2.45) is 0 Å². The van der Waals surface area contributed by atoms with Gasteiger partial charge >= 0.3 is 0 Å². The van der Waals surface area contributed by atoms with Crippen LogP contribution in [0.25, 0.3) is 11.1 Å². The van der Waals surface area contributed by atoms with E-state index in [1.165, 1.54) is 31.2 Å². The summed E-state index contributed by atoms with van der Waals surface area (Å²) in [6.45, 7) is 1.48. The number of nitrogens with zero attached hydrogens (tertiary/aromatic N) is 2. The predicted molar refractivity (Wildman–Crippen MR) is 105 cm³/mol. The van der Waals surface area contributed by atoms with Crippen molar-refractivity contribution in [1.29, 1.82) is 5.26 Å². The first-order valence-corrected chi connectivity index (χ1v) is 9.90. The SMILES string of the molecule is Cc1cc(-c2ccccc2)c(C#N)c(=O)n1S(=O)(=O)c1cc(Cl)ccc1Cl. The van der Waals surface area contributed by atoms with Crippen LogP contribution in [0.4, 0.5) is 0 Å². The second-order valence-corrected chi connectivity index (χ2v) is 8.30. The maximum Gasteiger partial charge on any atom is 0.283 e. The van der Waals surface area contributed by atoms with Gasteiger partial charge in [-0.3, -0.25) is 4.79 Å². The average molecular weight is 419 g/mol. The van der Waals surface area contributed by atoms with Gasteiger partial charge in [-0.15, -0.1) is 0 Å². The van der Waals surface area contributed by atoms with Crippen molar-refractivity contribution in [1.82, 2.24) is 3.97 Å². The molecule has 8 heteroatoms. The van der Waals surface area contributed by atoms with Crippen molar-refractivity contribution in [2.75, 3.05) is 0 Å². The number of halogens is 2. The van der Waals surface area contributed by atoms with E-state index in [2.05, 4.69) is 0 Å².